The molecule has 1 aliphatic rings. The van der Waals surface area contributed by atoms with Gasteiger partial charge in [0.1, 0.15) is 5.75 Å². The van der Waals surface area contributed by atoms with Crippen molar-refractivity contribution in [2.45, 2.75) is 13.0 Å². The van der Waals surface area contributed by atoms with Gasteiger partial charge in [-0.3, -0.25) is 4.79 Å². The highest BCUT2D eigenvalue weighted by Gasteiger charge is 2.24. The predicted molar refractivity (Wildman–Crippen MR) is 96.3 cm³/mol. The van der Waals surface area contributed by atoms with Crippen LogP contribution in [0.3, 0.4) is 0 Å². The summed E-state index contributed by atoms with van der Waals surface area (Å²) in [6.45, 7) is 1.06. The number of rotatable bonds is 4. The van der Waals surface area contributed by atoms with Crippen LogP contribution in [0.5, 0.6) is 5.75 Å². The Morgan fingerprint density at radius 1 is 1.15 bits per heavy atom. The Bertz CT molecular complexity index is 978. The summed E-state index contributed by atoms with van der Waals surface area (Å²) in [6, 6.07) is 14.3. The number of fused-ring (bicyclic) bond motifs is 3. The van der Waals surface area contributed by atoms with Crippen molar-refractivity contribution < 1.29 is 19.4 Å². The van der Waals surface area contributed by atoms with Gasteiger partial charge in [-0.05, 0) is 30.3 Å². The van der Waals surface area contributed by atoms with Crippen LogP contribution in [0.2, 0.25) is 0 Å². The highest BCUT2D eigenvalue weighted by atomic mass is 16.5. The molecule has 1 amide bonds. The molecule has 4 rings (SSSR count). The van der Waals surface area contributed by atoms with Gasteiger partial charge in [0.2, 0.25) is 0 Å². The first-order valence-corrected chi connectivity index (χ1v) is 8.44. The van der Waals surface area contributed by atoms with Gasteiger partial charge >= 0.3 is 5.97 Å². The summed E-state index contributed by atoms with van der Waals surface area (Å²) in [4.78, 5) is 28.8. The van der Waals surface area contributed by atoms with Crippen LogP contribution in [0, 0.1) is 0 Å². The number of carbonyl (C=O) groups is 2. The van der Waals surface area contributed by atoms with E-state index >= 15 is 0 Å². The average molecular weight is 350 g/mol. The Kier molecular flexibility index (Phi) is 4.08. The van der Waals surface area contributed by atoms with E-state index in [9.17, 15) is 14.7 Å². The first-order valence-electron chi connectivity index (χ1n) is 8.44. The van der Waals surface area contributed by atoms with Crippen LogP contribution in [0.25, 0.3) is 10.9 Å². The van der Waals surface area contributed by atoms with Gasteiger partial charge in [-0.15, -0.1) is 0 Å². The number of amides is 1. The number of aromatic amines is 1. The maximum absolute atomic E-state index is 12.5. The van der Waals surface area contributed by atoms with Crippen molar-refractivity contribution in [1.82, 2.24) is 9.88 Å². The van der Waals surface area contributed by atoms with Crippen LogP contribution < -0.4 is 4.74 Å². The van der Waals surface area contributed by atoms with Crippen LogP contribution in [0.15, 0.2) is 48.5 Å². The standard InChI is InChI=1S/C20H18N2O4/c23-19(12-26-14-4-2-1-3-5-14)22-9-8-18-16(11-22)15-10-13(20(24)25)6-7-17(15)21-18/h1-7,10,21H,8-9,11-12H2,(H,24,25). The van der Waals surface area contributed by atoms with E-state index in [-0.39, 0.29) is 18.1 Å². The third-order valence-electron chi connectivity index (χ3n) is 4.68. The molecular formula is C20H18N2O4. The lowest BCUT2D eigenvalue weighted by molar-refractivity contribution is -0.134. The Balaban J connectivity index is 1.53. The largest absolute Gasteiger partial charge is 0.484 e. The van der Waals surface area contributed by atoms with Crippen LogP contribution in [-0.4, -0.2) is 40.0 Å². The van der Waals surface area contributed by atoms with Crippen molar-refractivity contribution in [2.24, 2.45) is 0 Å². The number of hydrogen-bond donors (Lipinski definition) is 2. The number of benzene rings is 2. The molecule has 1 aliphatic heterocycles. The van der Waals surface area contributed by atoms with E-state index in [4.69, 9.17) is 4.74 Å². The van der Waals surface area contributed by atoms with Crippen LogP contribution >= 0.6 is 0 Å². The van der Waals surface area contributed by atoms with Gasteiger partial charge in [0, 0.05) is 41.7 Å². The molecule has 0 radical (unpaired) electrons. The van der Waals surface area contributed by atoms with Crippen molar-refractivity contribution >= 4 is 22.8 Å². The summed E-state index contributed by atoms with van der Waals surface area (Å²) in [5, 5.41) is 10.1. The molecule has 0 spiro atoms. The van der Waals surface area contributed by atoms with Gasteiger partial charge in [0.05, 0.1) is 5.56 Å². The minimum atomic E-state index is -0.957. The van der Waals surface area contributed by atoms with E-state index in [0.717, 1.165) is 22.2 Å². The lowest BCUT2D eigenvalue weighted by Gasteiger charge is -2.27. The van der Waals surface area contributed by atoms with Crippen molar-refractivity contribution in [3.8, 4) is 5.75 Å². The highest BCUT2D eigenvalue weighted by Crippen LogP contribution is 2.28. The molecule has 2 heterocycles. The lowest BCUT2D eigenvalue weighted by atomic mass is 10.0. The number of carbonyl (C=O) groups excluding carboxylic acids is 1. The third kappa shape index (κ3) is 3.01. The second-order valence-electron chi connectivity index (χ2n) is 6.31. The maximum atomic E-state index is 12.5. The first kappa shape index (κ1) is 16.2. The fourth-order valence-electron chi connectivity index (χ4n) is 3.31. The van der Waals surface area contributed by atoms with E-state index in [0.29, 0.717) is 25.3 Å². The zero-order valence-corrected chi connectivity index (χ0v) is 14.1. The Labute approximate surface area is 150 Å². The molecule has 1 aromatic heterocycles. The van der Waals surface area contributed by atoms with Gasteiger partial charge in [0.15, 0.2) is 6.61 Å². The highest BCUT2D eigenvalue weighted by molar-refractivity contribution is 5.95. The number of carboxylic acids is 1. The summed E-state index contributed by atoms with van der Waals surface area (Å²) < 4.78 is 5.55. The van der Waals surface area contributed by atoms with Crippen LogP contribution in [0.1, 0.15) is 21.6 Å². The number of para-hydroxylation sites is 1. The van der Waals surface area contributed by atoms with Crippen molar-refractivity contribution in [3.05, 3.63) is 65.4 Å². The smallest absolute Gasteiger partial charge is 0.335 e. The van der Waals surface area contributed by atoms with E-state index in [1.807, 2.05) is 30.3 Å². The van der Waals surface area contributed by atoms with E-state index < -0.39 is 5.97 Å². The van der Waals surface area contributed by atoms with Gasteiger partial charge in [0.25, 0.3) is 5.91 Å². The van der Waals surface area contributed by atoms with Gasteiger partial charge < -0.3 is 19.7 Å². The molecule has 2 N–H and O–H groups in total. The molecule has 6 heteroatoms. The van der Waals surface area contributed by atoms with Crippen molar-refractivity contribution in [3.63, 3.8) is 0 Å². The second kappa shape index (κ2) is 6.55. The predicted octanol–water partition coefficient (Wildman–Crippen LogP) is 2.83. The number of carboxylic acid groups (broad SMARTS) is 1. The number of ether oxygens (including phenoxy) is 1. The van der Waals surface area contributed by atoms with Gasteiger partial charge in [-0.25, -0.2) is 4.79 Å². The molecule has 0 aliphatic carbocycles. The molecule has 0 unspecified atom stereocenters. The fourth-order valence-corrected chi connectivity index (χ4v) is 3.31. The average Bonchev–Trinajstić information content (AvgIpc) is 3.04. The molecule has 3 aromatic rings. The van der Waals surface area contributed by atoms with Gasteiger partial charge in [-0.2, -0.15) is 0 Å². The molecule has 2 aromatic carbocycles. The summed E-state index contributed by atoms with van der Waals surface area (Å²) in [6.07, 6.45) is 0.712. The Hall–Kier alpha value is -3.28. The SMILES string of the molecule is O=C(O)c1ccc2[nH]c3c(c2c1)CN(C(=O)COc1ccccc1)CC3. The molecule has 0 bridgehead atoms. The van der Waals surface area contributed by atoms with Crippen LogP contribution in [0.4, 0.5) is 0 Å². The molecule has 132 valence electrons. The van der Waals surface area contributed by atoms with E-state index in [2.05, 4.69) is 4.98 Å². The molecule has 0 saturated heterocycles. The first-order chi connectivity index (χ1) is 12.6. The molecule has 0 saturated carbocycles. The molecule has 0 atom stereocenters. The summed E-state index contributed by atoms with van der Waals surface area (Å²) >= 11 is 0. The number of nitrogens with one attached hydrogen (secondary N) is 1. The molecule has 26 heavy (non-hydrogen) atoms. The molecular weight excluding hydrogens is 332 g/mol. The number of H-pyrrole nitrogens is 1. The molecule has 6 nitrogen and oxygen atoms in total. The third-order valence-corrected chi connectivity index (χ3v) is 4.68. The summed E-state index contributed by atoms with van der Waals surface area (Å²) in [5.41, 5.74) is 3.20. The number of nitrogens with zero attached hydrogens (tertiary/aromatic N) is 1. The number of aromatic carboxylic acids is 1. The van der Waals surface area contributed by atoms with Crippen molar-refractivity contribution in [2.75, 3.05) is 13.2 Å². The van der Waals surface area contributed by atoms with Crippen LogP contribution in [-0.2, 0) is 17.8 Å². The second-order valence-corrected chi connectivity index (χ2v) is 6.31. The lowest BCUT2D eigenvalue weighted by Crippen LogP contribution is -2.38. The van der Waals surface area contributed by atoms with E-state index in [1.54, 1.807) is 23.1 Å². The zero-order valence-electron chi connectivity index (χ0n) is 14.1. The Morgan fingerprint density at radius 3 is 2.73 bits per heavy atom. The molecule has 0 fully saturated rings. The number of hydrogen-bond acceptors (Lipinski definition) is 3. The minimum Gasteiger partial charge on any atom is -0.484 e. The Morgan fingerprint density at radius 2 is 1.96 bits per heavy atom. The fraction of sp³-hybridized carbons (Fsp3) is 0.200. The topological polar surface area (TPSA) is 82.6 Å². The van der Waals surface area contributed by atoms with Gasteiger partial charge in [-0.1, -0.05) is 18.2 Å². The van der Waals surface area contributed by atoms with Crippen molar-refractivity contribution in [1.29, 1.82) is 0 Å². The quantitative estimate of drug-likeness (QED) is 0.758. The summed E-state index contributed by atoms with van der Waals surface area (Å²) in [5.74, 6) is -0.373. The summed E-state index contributed by atoms with van der Waals surface area (Å²) in [7, 11) is 0. The maximum Gasteiger partial charge on any atom is 0.335 e. The monoisotopic (exact) mass is 350 g/mol. The minimum absolute atomic E-state index is 0.0118. The normalized spacial score (nSPS) is 13.5. The number of aromatic nitrogens is 1. The van der Waals surface area contributed by atoms with E-state index in [1.165, 1.54) is 0 Å². The zero-order chi connectivity index (χ0) is 18.1.